The molecule has 1 aromatic carbocycles. The SMILES string of the molecule is Cc1ccc(C)c(S(=O)(=O)Nc2n[nH]c(C)c2C(N)=O)c1. The maximum atomic E-state index is 12.4. The molecule has 0 unspecified atom stereocenters. The van der Waals surface area contributed by atoms with Gasteiger partial charge < -0.3 is 5.73 Å². The van der Waals surface area contributed by atoms with Crippen molar-refractivity contribution in [2.45, 2.75) is 25.7 Å². The summed E-state index contributed by atoms with van der Waals surface area (Å²) in [5.41, 5.74) is 7.09. The fourth-order valence-electron chi connectivity index (χ4n) is 1.98. The maximum absolute atomic E-state index is 12.4. The van der Waals surface area contributed by atoms with Gasteiger partial charge in [-0.1, -0.05) is 12.1 Å². The van der Waals surface area contributed by atoms with Crippen molar-refractivity contribution in [3.8, 4) is 0 Å². The average molecular weight is 308 g/mol. The Hall–Kier alpha value is -2.35. The number of H-pyrrole nitrogens is 1. The highest BCUT2D eigenvalue weighted by atomic mass is 32.2. The lowest BCUT2D eigenvalue weighted by Crippen LogP contribution is -2.19. The van der Waals surface area contributed by atoms with E-state index < -0.39 is 15.9 Å². The molecule has 0 spiro atoms. The number of benzene rings is 1. The van der Waals surface area contributed by atoms with E-state index in [-0.39, 0.29) is 16.3 Å². The Kier molecular flexibility index (Phi) is 3.73. The highest BCUT2D eigenvalue weighted by Gasteiger charge is 2.23. The number of aromatic nitrogens is 2. The van der Waals surface area contributed by atoms with Crippen LogP contribution in [-0.4, -0.2) is 24.5 Å². The second kappa shape index (κ2) is 5.21. The summed E-state index contributed by atoms with van der Waals surface area (Å²) in [5, 5.41) is 6.32. The van der Waals surface area contributed by atoms with Gasteiger partial charge >= 0.3 is 0 Å². The van der Waals surface area contributed by atoms with Gasteiger partial charge in [-0.2, -0.15) is 5.10 Å². The molecular weight excluding hydrogens is 292 g/mol. The van der Waals surface area contributed by atoms with E-state index in [2.05, 4.69) is 14.9 Å². The maximum Gasteiger partial charge on any atom is 0.263 e. The molecule has 0 aliphatic rings. The van der Waals surface area contributed by atoms with E-state index >= 15 is 0 Å². The standard InChI is InChI=1S/C13H16N4O3S/c1-7-4-5-8(2)10(6-7)21(19,20)17-13-11(12(14)18)9(3)15-16-13/h4-6H,1-3H3,(H2,14,18)(H2,15,16,17). The van der Waals surface area contributed by atoms with Crippen molar-refractivity contribution in [1.82, 2.24) is 10.2 Å². The average Bonchev–Trinajstić information content (AvgIpc) is 2.72. The van der Waals surface area contributed by atoms with Gasteiger partial charge in [0.1, 0.15) is 5.56 Å². The lowest BCUT2D eigenvalue weighted by molar-refractivity contribution is 0.100. The first-order chi connectivity index (χ1) is 9.72. The van der Waals surface area contributed by atoms with Gasteiger partial charge in [-0.15, -0.1) is 0 Å². The van der Waals surface area contributed by atoms with Crippen molar-refractivity contribution in [1.29, 1.82) is 0 Å². The van der Waals surface area contributed by atoms with Crippen LogP contribution >= 0.6 is 0 Å². The molecule has 1 aromatic heterocycles. The van der Waals surface area contributed by atoms with Crippen molar-refractivity contribution >= 4 is 21.7 Å². The molecule has 0 atom stereocenters. The number of nitrogens with zero attached hydrogens (tertiary/aromatic N) is 1. The zero-order valence-electron chi connectivity index (χ0n) is 11.9. The summed E-state index contributed by atoms with van der Waals surface area (Å²) in [6.07, 6.45) is 0. The van der Waals surface area contributed by atoms with Crippen molar-refractivity contribution in [2.24, 2.45) is 5.73 Å². The van der Waals surface area contributed by atoms with E-state index in [1.165, 1.54) is 0 Å². The Balaban J connectivity index is 2.48. The van der Waals surface area contributed by atoms with Gasteiger partial charge in [0.15, 0.2) is 5.82 Å². The van der Waals surface area contributed by atoms with Crippen molar-refractivity contribution in [2.75, 3.05) is 4.72 Å². The number of anilines is 1. The van der Waals surface area contributed by atoms with Crippen LogP contribution in [0.15, 0.2) is 23.1 Å². The zero-order chi connectivity index (χ0) is 15.8. The van der Waals surface area contributed by atoms with Crippen molar-refractivity contribution < 1.29 is 13.2 Å². The van der Waals surface area contributed by atoms with Crippen LogP contribution < -0.4 is 10.5 Å². The third kappa shape index (κ3) is 2.89. The molecular formula is C13H16N4O3S. The highest BCUT2D eigenvalue weighted by Crippen LogP contribution is 2.22. The number of carbonyl (C=O) groups excluding carboxylic acids is 1. The van der Waals surface area contributed by atoms with E-state index in [1.54, 1.807) is 32.9 Å². The smallest absolute Gasteiger partial charge is 0.263 e. The summed E-state index contributed by atoms with van der Waals surface area (Å²) in [4.78, 5) is 11.5. The van der Waals surface area contributed by atoms with Crippen LogP contribution in [0.25, 0.3) is 0 Å². The van der Waals surface area contributed by atoms with Gasteiger partial charge in [-0.25, -0.2) is 8.42 Å². The largest absolute Gasteiger partial charge is 0.365 e. The second-order valence-corrected chi connectivity index (χ2v) is 6.46. The molecule has 0 saturated carbocycles. The molecule has 7 nitrogen and oxygen atoms in total. The van der Waals surface area contributed by atoms with E-state index in [4.69, 9.17) is 5.73 Å². The molecule has 1 heterocycles. The van der Waals surface area contributed by atoms with E-state index in [1.807, 2.05) is 6.07 Å². The minimum Gasteiger partial charge on any atom is -0.365 e. The predicted octanol–water partition coefficient (Wildman–Crippen LogP) is 1.23. The molecule has 8 heteroatoms. The summed E-state index contributed by atoms with van der Waals surface area (Å²) >= 11 is 0. The number of carbonyl (C=O) groups is 1. The number of rotatable bonds is 4. The number of sulfonamides is 1. The lowest BCUT2D eigenvalue weighted by atomic mass is 10.2. The van der Waals surface area contributed by atoms with E-state index in [0.717, 1.165) is 5.56 Å². The number of aryl methyl sites for hydroxylation is 3. The van der Waals surface area contributed by atoms with Gasteiger partial charge in [0, 0.05) is 5.69 Å². The monoisotopic (exact) mass is 308 g/mol. The number of nitrogens with two attached hydrogens (primary N) is 1. The number of amides is 1. The Labute approximate surface area is 122 Å². The Morgan fingerprint density at radius 3 is 2.57 bits per heavy atom. The first-order valence-corrected chi connectivity index (χ1v) is 7.65. The van der Waals surface area contributed by atoms with Crippen molar-refractivity contribution in [3.63, 3.8) is 0 Å². The van der Waals surface area contributed by atoms with Crippen LogP contribution in [0.4, 0.5) is 5.82 Å². The lowest BCUT2D eigenvalue weighted by Gasteiger charge is -2.10. The summed E-state index contributed by atoms with van der Waals surface area (Å²) < 4.78 is 27.2. The van der Waals surface area contributed by atoms with E-state index in [9.17, 15) is 13.2 Å². The fourth-order valence-corrected chi connectivity index (χ4v) is 3.33. The summed E-state index contributed by atoms with van der Waals surface area (Å²) in [6.45, 7) is 5.08. The molecule has 0 radical (unpaired) electrons. The number of hydrogen-bond acceptors (Lipinski definition) is 4. The first kappa shape index (κ1) is 15.0. The molecule has 2 aromatic rings. The second-order valence-electron chi connectivity index (χ2n) is 4.81. The van der Waals surface area contributed by atoms with Crippen LogP contribution in [0.1, 0.15) is 27.2 Å². The minimum absolute atomic E-state index is 0.0314. The number of primary amides is 1. The van der Waals surface area contributed by atoms with E-state index in [0.29, 0.717) is 11.3 Å². The predicted molar refractivity (Wildman–Crippen MR) is 78.6 cm³/mol. The third-order valence-electron chi connectivity index (χ3n) is 3.06. The topological polar surface area (TPSA) is 118 Å². The highest BCUT2D eigenvalue weighted by molar-refractivity contribution is 7.92. The number of aromatic amines is 1. The first-order valence-electron chi connectivity index (χ1n) is 6.17. The van der Waals surface area contributed by atoms with Gasteiger partial charge in [-0.05, 0) is 38.0 Å². The Bertz CT molecular complexity index is 809. The Morgan fingerprint density at radius 1 is 1.29 bits per heavy atom. The fraction of sp³-hybridized carbons (Fsp3) is 0.231. The zero-order valence-corrected chi connectivity index (χ0v) is 12.7. The number of hydrogen-bond donors (Lipinski definition) is 3. The summed E-state index contributed by atoms with van der Waals surface area (Å²) in [6, 6.07) is 5.09. The number of nitrogens with one attached hydrogen (secondary N) is 2. The minimum atomic E-state index is -3.85. The Morgan fingerprint density at radius 2 is 1.95 bits per heavy atom. The molecule has 112 valence electrons. The summed E-state index contributed by atoms with van der Waals surface area (Å²) in [5.74, 6) is -0.846. The van der Waals surface area contributed by atoms with Crippen molar-refractivity contribution in [3.05, 3.63) is 40.6 Å². The molecule has 1 amide bonds. The van der Waals surface area contributed by atoms with Gasteiger partial charge in [0.25, 0.3) is 15.9 Å². The van der Waals surface area contributed by atoms with Gasteiger partial charge in [-0.3, -0.25) is 14.6 Å². The normalized spacial score (nSPS) is 11.4. The molecule has 0 aliphatic carbocycles. The van der Waals surface area contributed by atoms with Gasteiger partial charge in [0.2, 0.25) is 0 Å². The van der Waals surface area contributed by atoms with Crippen LogP contribution in [-0.2, 0) is 10.0 Å². The van der Waals surface area contributed by atoms with Gasteiger partial charge in [0.05, 0.1) is 4.90 Å². The molecule has 21 heavy (non-hydrogen) atoms. The molecule has 0 aliphatic heterocycles. The molecule has 0 bridgehead atoms. The molecule has 4 N–H and O–H groups in total. The molecule has 0 fully saturated rings. The quantitative estimate of drug-likeness (QED) is 0.787. The van der Waals surface area contributed by atoms with Crippen LogP contribution in [0.5, 0.6) is 0 Å². The van der Waals surface area contributed by atoms with Crippen LogP contribution in [0, 0.1) is 20.8 Å². The summed E-state index contributed by atoms with van der Waals surface area (Å²) in [7, 11) is -3.85. The van der Waals surface area contributed by atoms with Crippen LogP contribution in [0.2, 0.25) is 0 Å². The third-order valence-corrected chi connectivity index (χ3v) is 4.54. The van der Waals surface area contributed by atoms with Crippen LogP contribution in [0.3, 0.4) is 0 Å². The molecule has 2 rings (SSSR count). The molecule has 0 saturated heterocycles.